The van der Waals surface area contributed by atoms with Crippen molar-refractivity contribution in [2.45, 2.75) is 33.1 Å². The van der Waals surface area contributed by atoms with E-state index in [1.165, 1.54) is 0 Å². The Balaban J connectivity index is 1.74. The van der Waals surface area contributed by atoms with Gasteiger partial charge in [-0.3, -0.25) is 4.79 Å². The van der Waals surface area contributed by atoms with E-state index in [1.54, 1.807) is 0 Å². The minimum absolute atomic E-state index is 0.0228. The van der Waals surface area contributed by atoms with Crippen LogP contribution in [0, 0.1) is 0 Å². The molecule has 0 unspecified atom stereocenters. The lowest BCUT2D eigenvalue weighted by molar-refractivity contribution is -0.115. The lowest BCUT2D eigenvalue weighted by Gasteiger charge is -2.16. The Morgan fingerprint density at radius 1 is 1.00 bits per heavy atom. The van der Waals surface area contributed by atoms with E-state index >= 15 is 0 Å². The average Bonchev–Trinajstić information content (AvgIpc) is 3.17. The standard InChI is InChI=1S/C22H23ClN2O/c1-3-17-9-12-20(23)19(4-2)22(17)24-21(26)15-16-7-10-18(11-8-16)25-13-5-6-14-25/h5-14H,3-4,15H2,1-2H3,(H,24,26). The fourth-order valence-corrected chi connectivity index (χ4v) is 3.42. The molecule has 1 heterocycles. The van der Waals surface area contributed by atoms with Crippen LogP contribution in [-0.2, 0) is 24.1 Å². The van der Waals surface area contributed by atoms with Gasteiger partial charge in [-0.15, -0.1) is 0 Å². The second-order valence-corrected chi connectivity index (χ2v) is 6.66. The number of aryl methyl sites for hydroxylation is 1. The summed E-state index contributed by atoms with van der Waals surface area (Å²) in [5, 5.41) is 3.79. The van der Waals surface area contributed by atoms with E-state index in [2.05, 4.69) is 19.2 Å². The number of anilines is 1. The van der Waals surface area contributed by atoms with Crippen LogP contribution in [0.25, 0.3) is 5.69 Å². The number of aromatic nitrogens is 1. The number of rotatable bonds is 6. The van der Waals surface area contributed by atoms with E-state index in [-0.39, 0.29) is 5.91 Å². The van der Waals surface area contributed by atoms with Gasteiger partial charge >= 0.3 is 0 Å². The van der Waals surface area contributed by atoms with E-state index in [9.17, 15) is 4.79 Å². The number of nitrogens with zero attached hydrogens (tertiary/aromatic N) is 1. The highest BCUT2D eigenvalue weighted by Gasteiger charge is 2.13. The van der Waals surface area contributed by atoms with E-state index in [0.717, 1.165) is 40.9 Å². The molecular weight excluding hydrogens is 344 g/mol. The highest BCUT2D eigenvalue weighted by molar-refractivity contribution is 6.32. The lowest BCUT2D eigenvalue weighted by Crippen LogP contribution is -2.17. The number of hydrogen-bond acceptors (Lipinski definition) is 1. The zero-order chi connectivity index (χ0) is 18.5. The molecule has 3 rings (SSSR count). The van der Waals surface area contributed by atoms with E-state index in [4.69, 9.17) is 11.6 Å². The Bertz CT molecular complexity index is 883. The Morgan fingerprint density at radius 3 is 2.31 bits per heavy atom. The number of amides is 1. The van der Waals surface area contributed by atoms with Crippen molar-refractivity contribution in [3.8, 4) is 5.69 Å². The van der Waals surface area contributed by atoms with Gasteiger partial charge in [-0.2, -0.15) is 0 Å². The van der Waals surface area contributed by atoms with Gasteiger partial charge in [-0.25, -0.2) is 0 Å². The maximum atomic E-state index is 12.6. The van der Waals surface area contributed by atoms with Gasteiger partial charge in [0.2, 0.25) is 5.91 Å². The predicted octanol–water partition coefficient (Wildman–Crippen LogP) is 5.44. The van der Waals surface area contributed by atoms with E-state index in [0.29, 0.717) is 11.4 Å². The highest BCUT2D eigenvalue weighted by atomic mass is 35.5. The Morgan fingerprint density at radius 2 is 1.69 bits per heavy atom. The van der Waals surface area contributed by atoms with Crippen molar-refractivity contribution in [3.63, 3.8) is 0 Å². The molecule has 0 aliphatic heterocycles. The molecule has 134 valence electrons. The van der Waals surface area contributed by atoms with Gasteiger partial charge in [0.15, 0.2) is 0 Å². The van der Waals surface area contributed by atoms with Crippen molar-refractivity contribution >= 4 is 23.2 Å². The van der Waals surface area contributed by atoms with Gasteiger partial charge in [0, 0.05) is 28.8 Å². The molecule has 1 aromatic heterocycles. The van der Waals surface area contributed by atoms with Crippen LogP contribution in [0.3, 0.4) is 0 Å². The van der Waals surface area contributed by atoms with Crippen molar-refractivity contribution in [1.82, 2.24) is 4.57 Å². The summed E-state index contributed by atoms with van der Waals surface area (Å²) in [6.45, 7) is 4.13. The molecule has 0 bridgehead atoms. The van der Waals surface area contributed by atoms with Crippen LogP contribution < -0.4 is 5.32 Å². The summed E-state index contributed by atoms with van der Waals surface area (Å²) in [5.74, 6) is -0.0228. The minimum atomic E-state index is -0.0228. The van der Waals surface area contributed by atoms with E-state index in [1.807, 2.05) is 65.5 Å². The molecule has 0 fully saturated rings. The monoisotopic (exact) mass is 366 g/mol. The van der Waals surface area contributed by atoms with E-state index < -0.39 is 0 Å². The van der Waals surface area contributed by atoms with Gasteiger partial charge in [0.25, 0.3) is 0 Å². The zero-order valence-corrected chi connectivity index (χ0v) is 15.9. The second-order valence-electron chi connectivity index (χ2n) is 6.25. The Hall–Kier alpha value is -2.52. The largest absolute Gasteiger partial charge is 0.325 e. The molecule has 0 saturated heterocycles. The molecule has 2 aromatic carbocycles. The number of benzene rings is 2. The number of nitrogens with one attached hydrogen (secondary N) is 1. The summed E-state index contributed by atoms with van der Waals surface area (Å²) in [6, 6.07) is 15.9. The molecule has 1 amide bonds. The van der Waals surface area contributed by atoms with Crippen LogP contribution in [0.1, 0.15) is 30.5 Å². The van der Waals surface area contributed by atoms with Gasteiger partial charge in [0.05, 0.1) is 6.42 Å². The summed E-state index contributed by atoms with van der Waals surface area (Å²) in [4.78, 5) is 12.6. The summed E-state index contributed by atoms with van der Waals surface area (Å²) in [5.41, 5.74) is 5.05. The first-order valence-electron chi connectivity index (χ1n) is 8.94. The first-order chi connectivity index (χ1) is 12.6. The molecule has 0 spiro atoms. The normalized spacial score (nSPS) is 10.7. The molecule has 0 atom stereocenters. The third-order valence-electron chi connectivity index (χ3n) is 4.54. The number of carbonyl (C=O) groups is 1. The molecule has 0 aliphatic rings. The topological polar surface area (TPSA) is 34.0 Å². The number of hydrogen-bond donors (Lipinski definition) is 1. The highest BCUT2D eigenvalue weighted by Crippen LogP contribution is 2.29. The summed E-state index contributed by atoms with van der Waals surface area (Å²) in [7, 11) is 0. The SMILES string of the molecule is CCc1ccc(Cl)c(CC)c1NC(=O)Cc1ccc(-n2cccc2)cc1. The summed E-state index contributed by atoms with van der Waals surface area (Å²) in [6.07, 6.45) is 5.98. The zero-order valence-electron chi connectivity index (χ0n) is 15.1. The van der Waals surface area contributed by atoms with Crippen molar-refractivity contribution in [2.24, 2.45) is 0 Å². The van der Waals surface area contributed by atoms with Crippen LogP contribution in [-0.4, -0.2) is 10.5 Å². The van der Waals surface area contributed by atoms with Crippen LogP contribution >= 0.6 is 11.6 Å². The van der Waals surface area contributed by atoms with Crippen LogP contribution in [0.5, 0.6) is 0 Å². The Kier molecular flexibility index (Phi) is 5.79. The molecule has 1 N–H and O–H groups in total. The van der Waals surface area contributed by atoms with Gasteiger partial charge in [-0.05, 0) is 59.9 Å². The lowest BCUT2D eigenvalue weighted by atomic mass is 10.0. The van der Waals surface area contributed by atoms with Crippen molar-refractivity contribution in [1.29, 1.82) is 0 Å². The average molecular weight is 367 g/mol. The molecule has 3 aromatic rings. The molecule has 4 heteroatoms. The maximum absolute atomic E-state index is 12.6. The van der Waals surface area contributed by atoms with Gasteiger partial charge < -0.3 is 9.88 Å². The van der Waals surface area contributed by atoms with Gasteiger partial charge in [-0.1, -0.05) is 43.6 Å². The van der Waals surface area contributed by atoms with Crippen molar-refractivity contribution in [2.75, 3.05) is 5.32 Å². The van der Waals surface area contributed by atoms with Gasteiger partial charge in [0.1, 0.15) is 0 Å². The first-order valence-corrected chi connectivity index (χ1v) is 9.32. The molecule has 26 heavy (non-hydrogen) atoms. The summed E-state index contributed by atoms with van der Waals surface area (Å²) < 4.78 is 2.04. The van der Waals surface area contributed by atoms with Crippen molar-refractivity contribution < 1.29 is 4.79 Å². The first kappa shape index (κ1) is 18.3. The maximum Gasteiger partial charge on any atom is 0.228 e. The molecule has 0 saturated carbocycles. The smallest absolute Gasteiger partial charge is 0.228 e. The fraction of sp³-hybridized carbons (Fsp3) is 0.227. The molecule has 0 radical (unpaired) electrons. The minimum Gasteiger partial charge on any atom is -0.325 e. The number of halogens is 1. The summed E-state index contributed by atoms with van der Waals surface area (Å²) >= 11 is 6.31. The predicted molar refractivity (Wildman–Crippen MR) is 108 cm³/mol. The van der Waals surface area contributed by atoms with Crippen LogP contribution in [0.2, 0.25) is 5.02 Å². The quantitative estimate of drug-likeness (QED) is 0.619. The number of carbonyl (C=O) groups excluding carboxylic acids is 1. The Labute approximate surface area is 159 Å². The third kappa shape index (κ3) is 4.00. The molecule has 0 aliphatic carbocycles. The van der Waals surface area contributed by atoms with Crippen LogP contribution in [0.15, 0.2) is 60.9 Å². The second kappa shape index (κ2) is 8.24. The fourth-order valence-electron chi connectivity index (χ4n) is 3.13. The molecular formula is C22H23ClN2O. The van der Waals surface area contributed by atoms with Crippen LogP contribution in [0.4, 0.5) is 5.69 Å². The van der Waals surface area contributed by atoms with Crippen molar-refractivity contribution in [3.05, 3.63) is 82.6 Å². The molecule has 3 nitrogen and oxygen atoms in total. The third-order valence-corrected chi connectivity index (χ3v) is 4.90.